The third-order valence-corrected chi connectivity index (χ3v) is 3.38. The summed E-state index contributed by atoms with van der Waals surface area (Å²) in [5.74, 6) is 0.667. The van der Waals surface area contributed by atoms with E-state index < -0.39 is 11.7 Å². The van der Waals surface area contributed by atoms with Crippen LogP contribution < -0.4 is 4.74 Å². The first-order chi connectivity index (χ1) is 8.97. The van der Waals surface area contributed by atoms with Gasteiger partial charge in [-0.2, -0.15) is 13.2 Å². The normalized spacial score (nSPS) is 11.4. The van der Waals surface area contributed by atoms with Crippen LogP contribution in [-0.4, -0.2) is 0 Å². The number of rotatable bonds is 3. The molecule has 0 heterocycles. The maximum absolute atomic E-state index is 12.6. The molecule has 0 bridgehead atoms. The Morgan fingerprint density at radius 1 is 1.00 bits per heavy atom. The summed E-state index contributed by atoms with van der Waals surface area (Å²) in [5, 5.41) is 0. The highest BCUT2D eigenvalue weighted by molar-refractivity contribution is 14.1. The van der Waals surface area contributed by atoms with Gasteiger partial charge in [0.05, 0.1) is 9.13 Å². The van der Waals surface area contributed by atoms with E-state index in [4.69, 9.17) is 4.74 Å². The van der Waals surface area contributed by atoms with Gasteiger partial charge >= 0.3 is 6.18 Å². The largest absolute Gasteiger partial charge is 0.488 e. The Morgan fingerprint density at radius 2 is 1.74 bits per heavy atom. The zero-order valence-corrected chi connectivity index (χ0v) is 11.9. The van der Waals surface area contributed by atoms with E-state index in [1.807, 2.05) is 18.2 Å². The van der Waals surface area contributed by atoms with E-state index in [1.165, 1.54) is 6.07 Å². The Morgan fingerprint density at radius 3 is 2.42 bits per heavy atom. The highest BCUT2D eigenvalue weighted by atomic mass is 127. The first-order valence-electron chi connectivity index (χ1n) is 5.50. The highest BCUT2D eigenvalue weighted by Gasteiger charge is 2.30. The Labute approximate surface area is 122 Å². The van der Waals surface area contributed by atoms with E-state index in [-0.39, 0.29) is 6.61 Å². The molecule has 0 saturated carbocycles. The van der Waals surface area contributed by atoms with E-state index in [9.17, 15) is 13.2 Å². The van der Waals surface area contributed by atoms with Gasteiger partial charge in [0.2, 0.25) is 0 Å². The molecule has 0 amide bonds. The third kappa shape index (κ3) is 3.86. The molecule has 2 aromatic carbocycles. The molecule has 0 fully saturated rings. The number of alkyl halides is 3. The lowest BCUT2D eigenvalue weighted by Gasteiger charge is -2.10. The van der Waals surface area contributed by atoms with Gasteiger partial charge in [0.15, 0.2) is 0 Å². The lowest BCUT2D eigenvalue weighted by molar-refractivity contribution is -0.137. The van der Waals surface area contributed by atoms with Crippen LogP contribution in [0.1, 0.15) is 11.1 Å². The monoisotopic (exact) mass is 378 g/mol. The molecule has 5 heteroatoms. The smallest absolute Gasteiger partial charge is 0.416 e. The molecule has 1 nitrogen and oxygen atoms in total. The second-order valence-corrected chi connectivity index (χ2v) is 5.08. The minimum Gasteiger partial charge on any atom is -0.488 e. The van der Waals surface area contributed by atoms with Gasteiger partial charge in [0.1, 0.15) is 12.4 Å². The number of para-hydroxylation sites is 1. The lowest BCUT2D eigenvalue weighted by Crippen LogP contribution is -2.06. The van der Waals surface area contributed by atoms with Crippen molar-refractivity contribution in [3.8, 4) is 5.75 Å². The van der Waals surface area contributed by atoms with E-state index in [1.54, 1.807) is 12.1 Å². The maximum atomic E-state index is 12.6. The first-order valence-corrected chi connectivity index (χ1v) is 6.58. The summed E-state index contributed by atoms with van der Waals surface area (Å²) >= 11 is 2.12. The van der Waals surface area contributed by atoms with Crippen molar-refractivity contribution < 1.29 is 17.9 Å². The average molecular weight is 378 g/mol. The zero-order valence-electron chi connectivity index (χ0n) is 9.75. The van der Waals surface area contributed by atoms with Gasteiger partial charge in [-0.25, -0.2) is 0 Å². The molecular formula is C14H10F3IO. The van der Waals surface area contributed by atoms with Crippen LogP contribution in [-0.2, 0) is 12.8 Å². The average Bonchev–Trinajstić information content (AvgIpc) is 2.37. The van der Waals surface area contributed by atoms with Crippen molar-refractivity contribution in [1.82, 2.24) is 0 Å². The Balaban J connectivity index is 2.10. The minimum absolute atomic E-state index is 0.115. The summed E-state index contributed by atoms with van der Waals surface area (Å²) in [6, 6.07) is 12.5. The Hall–Kier alpha value is -1.24. The predicted octanol–water partition coefficient (Wildman–Crippen LogP) is 4.89. The van der Waals surface area contributed by atoms with Crippen LogP contribution in [0.4, 0.5) is 13.2 Å². The van der Waals surface area contributed by atoms with Crippen molar-refractivity contribution in [2.75, 3.05) is 0 Å². The van der Waals surface area contributed by atoms with Gasteiger partial charge in [0.25, 0.3) is 0 Å². The number of hydrogen-bond acceptors (Lipinski definition) is 1. The SMILES string of the molecule is FC(F)(F)c1cccc(COc2ccccc2I)c1. The molecule has 0 radical (unpaired) electrons. The summed E-state index contributed by atoms with van der Waals surface area (Å²) in [5.41, 5.74) is -0.161. The van der Waals surface area contributed by atoms with Gasteiger partial charge in [-0.15, -0.1) is 0 Å². The highest BCUT2D eigenvalue weighted by Crippen LogP contribution is 2.30. The lowest BCUT2D eigenvalue weighted by atomic mass is 10.1. The molecule has 2 aromatic rings. The van der Waals surface area contributed by atoms with Gasteiger partial charge in [-0.05, 0) is 52.4 Å². The van der Waals surface area contributed by atoms with Crippen LogP contribution in [0.5, 0.6) is 5.75 Å². The van der Waals surface area contributed by atoms with Crippen molar-refractivity contribution in [1.29, 1.82) is 0 Å². The van der Waals surface area contributed by atoms with Crippen molar-refractivity contribution in [3.63, 3.8) is 0 Å². The van der Waals surface area contributed by atoms with E-state index >= 15 is 0 Å². The molecule has 100 valence electrons. The number of ether oxygens (including phenoxy) is 1. The first kappa shape index (κ1) is 14.2. The van der Waals surface area contributed by atoms with Gasteiger partial charge in [0, 0.05) is 0 Å². The van der Waals surface area contributed by atoms with Crippen molar-refractivity contribution in [3.05, 3.63) is 63.2 Å². The Kier molecular flexibility index (Phi) is 4.34. The van der Waals surface area contributed by atoms with E-state index in [0.717, 1.165) is 15.7 Å². The minimum atomic E-state index is -4.32. The summed E-state index contributed by atoms with van der Waals surface area (Å²) in [6.45, 7) is 0.115. The number of benzene rings is 2. The van der Waals surface area contributed by atoms with E-state index in [2.05, 4.69) is 22.6 Å². The van der Waals surface area contributed by atoms with Crippen LogP contribution in [0.3, 0.4) is 0 Å². The molecule has 0 saturated heterocycles. The molecule has 2 rings (SSSR count). The molecule has 0 unspecified atom stereocenters. The zero-order chi connectivity index (χ0) is 13.9. The van der Waals surface area contributed by atoms with Gasteiger partial charge in [-0.1, -0.05) is 24.3 Å². The van der Waals surface area contributed by atoms with Gasteiger partial charge < -0.3 is 4.74 Å². The fraction of sp³-hybridized carbons (Fsp3) is 0.143. The topological polar surface area (TPSA) is 9.23 Å². The molecule has 19 heavy (non-hydrogen) atoms. The van der Waals surface area contributed by atoms with E-state index in [0.29, 0.717) is 11.3 Å². The maximum Gasteiger partial charge on any atom is 0.416 e. The predicted molar refractivity (Wildman–Crippen MR) is 74.9 cm³/mol. The second-order valence-electron chi connectivity index (χ2n) is 3.92. The van der Waals surface area contributed by atoms with Gasteiger partial charge in [-0.3, -0.25) is 0 Å². The molecule has 0 aliphatic rings. The molecular weight excluding hydrogens is 368 g/mol. The summed E-state index contributed by atoms with van der Waals surface area (Å²) in [7, 11) is 0. The molecule has 0 aromatic heterocycles. The molecule has 0 atom stereocenters. The van der Waals surface area contributed by atoms with Crippen LogP contribution in [0.25, 0.3) is 0 Å². The summed E-state index contributed by atoms with van der Waals surface area (Å²) in [4.78, 5) is 0. The van der Waals surface area contributed by atoms with Crippen molar-refractivity contribution in [2.45, 2.75) is 12.8 Å². The van der Waals surface area contributed by atoms with Crippen LogP contribution in [0.2, 0.25) is 0 Å². The van der Waals surface area contributed by atoms with Crippen molar-refractivity contribution in [2.24, 2.45) is 0 Å². The number of hydrogen-bond donors (Lipinski definition) is 0. The number of halogens is 4. The van der Waals surface area contributed by atoms with Crippen molar-refractivity contribution >= 4 is 22.6 Å². The van der Waals surface area contributed by atoms with Crippen LogP contribution in [0.15, 0.2) is 48.5 Å². The molecule has 0 aliphatic carbocycles. The fourth-order valence-corrected chi connectivity index (χ4v) is 2.10. The summed E-state index contributed by atoms with van der Waals surface area (Å²) < 4.78 is 44.1. The van der Waals surface area contributed by atoms with Crippen LogP contribution in [0, 0.1) is 3.57 Å². The fourth-order valence-electron chi connectivity index (χ4n) is 1.56. The summed E-state index contributed by atoms with van der Waals surface area (Å²) in [6.07, 6.45) is -4.32. The molecule has 0 aliphatic heterocycles. The molecule has 0 spiro atoms. The standard InChI is InChI=1S/C14H10F3IO/c15-14(16,17)11-5-3-4-10(8-11)9-19-13-7-2-1-6-12(13)18/h1-8H,9H2. The molecule has 0 N–H and O–H groups in total. The quantitative estimate of drug-likeness (QED) is 0.692. The Bertz CT molecular complexity index is 567. The second kappa shape index (κ2) is 5.81. The third-order valence-electron chi connectivity index (χ3n) is 2.49. The van der Waals surface area contributed by atoms with Crippen LogP contribution >= 0.6 is 22.6 Å².